The smallest absolute Gasteiger partial charge is 0.490 e. The first-order chi connectivity index (χ1) is 14.6. The van der Waals surface area contributed by atoms with E-state index in [0.717, 1.165) is 41.9 Å². The first-order valence-corrected chi connectivity index (χ1v) is 9.41. The zero-order chi connectivity index (χ0) is 22.6. The number of alkyl halides is 3. The molecule has 3 heterocycles. The van der Waals surface area contributed by atoms with Crippen LogP contribution in [0.15, 0.2) is 36.5 Å². The molecule has 0 saturated carbocycles. The lowest BCUT2D eigenvalue weighted by atomic mass is 9.80. The van der Waals surface area contributed by atoms with Gasteiger partial charge in [-0.3, -0.25) is 5.10 Å². The van der Waals surface area contributed by atoms with Gasteiger partial charge in [0.2, 0.25) is 0 Å². The Labute approximate surface area is 175 Å². The molecular formula is C20H21F3N4O4. The number of aromatic amines is 1. The van der Waals surface area contributed by atoms with Crippen molar-refractivity contribution in [3.63, 3.8) is 0 Å². The van der Waals surface area contributed by atoms with Crippen LogP contribution >= 0.6 is 0 Å². The molecular weight excluding hydrogens is 417 g/mol. The van der Waals surface area contributed by atoms with Gasteiger partial charge in [-0.15, -0.1) is 0 Å². The Balaban J connectivity index is 0.000000339. The predicted molar refractivity (Wildman–Crippen MR) is 106 cm³/mol. The standard InChI is InChI=1S/C18H20N4O2.C2HF3O2/c1-2-18(9-19-10-18)11-24-16-7-15(12-3-5-13(23)6-4-12)21-17-14(16)8-20-22-17;3-2(4,5)1(6)7/h3-8,19,23H,2,9-11H2,1H3,(H,20,21,22);(H,6,7). The lowest BCUT2D eigenvalue weighted by molar-refractivity contribution is -0.192. The van der Waals surface area contributed by atoms with E-state index in [0.29, 0.717) is 12.3 Å². The fraction of sp³-hybridized carbons (Fsp3) is 0.350. The Morgan fingerprint density at radius 3 is 2.42 bits per heavy atom. The fourth-order valence-electron chi connectivity index (χ4n) is 2.96. The van der Waals surface area contributed by atoms with E-state index in [4.69, 9.17) is 14.6 Å². The van der Waals surface area contributed by atoms with Crippen LogP contribution in [0.25, 0.3) is 22.3 Å². The molecule has 4 rings (SSSR count). The third kappa shape index (κ3) is 5.23. The maximum absolute atomic E-state index is 10.6. The number of carboxylic acids is 1. The van der Waals surface area contributed by atoms with Crippen molar-refractivity contribution in [2.75, 3.05) is 19.7 Å². The molecule has 2 aromatic heterocycles. The fourth-order valence-corrected chi connectivity index (χ4v) is 2.96. The summed E-state index contributed by atoms with van der Waals surface area (Å²) in [6, 6.07) is 8.93. The van der Waals surface area contributed by atoms with Crippen LogP contribution in [0.1, 0.15) is 13.3 Å². The molecule has 4 N–H and O–H groups in total. The third-order valence-corrected chi connectivity index (χ3v) is 5.07. The van der Waals surface area contributed by atoms with Gasteiger partial charge >= 0.3 is 12.1 Å². The summed E-state index contributed by atoms with van der Waals surface area (Å²) in [5.41, 5.74) is 2.63. The number of carboxylic acid groups (broad SMARTS) is 1. The molecule has 0 aliphatic carbocycles. The molecule has 0 unspecified atom stereocenters. The summed E-state index contributed by atoms with van der Waals surface area (Å²) in [4.78, 5) is 13.5. The van der Waals surface area contributed by atoms with E-state index in [-0.39, 0.29) is 11.2 Å². The molecule has 31 heavy (non-hydrogen) atoms. The van der Waals surface area contributed by atoms with Gasteiger partial charge in [-0.05, 0) is 30.7 Å². The van der Waals surface area contributed by atoms with E-state index < -0.39 is 12.1 Å². The SMILES string of the molecule is CCC1(COc2cc(-c3ccc(O)cc3)nc3[nH]ncc23)CNC1.O=C(O)C(F)(F)F. The Morgan fingerprint density at radius 1 is 1.26 bits per heavy atom. The van der Waals surface area contributed by atoms with Gasteiger partial charge in [-0.1, -0.05) is 6.92 Å². The molecule has 1 aromatic carbocycles. The number of hydrogen-bond donors (Lipinski definition) is 4. The molecule has 8 nitrogen and oxygen atoms in total. The lowest BCUT2D eigenvalue weighted by Crippen LogP contribution is -2.56. The van der Waals surface area contributed by atoms with Crippen LogP contribution in [0.5, 0.6) is 11.5 Å². The van der Waals surface area contributed by atoms with Crippen molar-refractivity contribution in [3.05, 3.63) is 36.5 Å². The van der Waals surface area contributed by atoms with Crippen molar-refractivity contribution < 1.29 is 32.9 Å². The molecule has 11 heteroatoms. The number of H-pyrrole nitrogens is 1. The highest BCUT2D eigenvalue weighted by atomic mass is 19.4. The average Bonchev–Trinajstić information content (AvgIpc) is 3.16. The molecule has 1 saturated heterocycles. The van der Waals surface area contributed by atoms with Crippen molar-refractivity contribution in [2.45, 2.75) is 19.5 Å². The van der Waals surface area contributed by atoms with E-state index in [1.54, 1.807) is 18.3 Å². The number of benzene rings is 1. The van der Waals surface area contributed by atoms with Crippen LogP contribution in [0.2, 0.25) is 0 Å². The van der Waals surface area contributed by atoms with Gasteiger partial charge in [0.15, 0.2) is 5.65 Å². The first-order valence-electron chi connectivity index (χ1n) is 9.41. The number of fused-ring (bicyclic) bond motifs is 1. The maximum Gasteiger partial charge on any atom is 0.490 e. The van der Waals surface area contributed by atoms with E-state index in [9.17, 15) is 18.3 Å². The molecule has 166 valence electrons. The summed E-state index contributed by atoms with van der Waals surface area (Å²) in [7, 11) is 0. The molecule has 0 atom stereocenters. The van der Waals surface area contributed by atoms with Gasteiger partial charge in [0, 0.05) is 30.1 Å². The van der Waals surface area contributed by atoms with Crippen LogP contribution in [-0.4, -0.2) is 57.2 Å². The van der Waals surface area contributed by atoms with Crippen LogP contribution in [0.3, 0.4) is 0 Å². The van der Waals surface area contributed by atoms with Crippen molar-refractivity contribution in [1.29, 1.82) is 0 Å². The largest absolute Gasteiger partial charge is 0.508 e. The zero-order valence-corrected chi connectivity index (χ0v) is 16.5. The average molecular weight is 438 g/mol. The summed E-state index contributed by atoms with van der Waals surface area (Å²) in [5.74, 6) is -1.73. The zero-order valence-electron chi connectivity index (χ0n) is 16.5. The van der Waals surface area contributed by atoms with Gasteiger partial charge in [0.05, 0.1) is 23.9 Å². The summed E-state index contributed by atoms with van der Waals surface area (Å²) in [6.45, 7) is 4.86. The molecule has 1 aliphatic rings. The molecule has 3 aromatic rings. The van der Waals surface area contributed by atoms with Crippen LogP contribution in [0.4, 0.5) is 13.2 Å². The monoisotopic (exact) mass is 438 g/mol. The van der Waals surface area contributed by atoms with Gasteiger partial charge in [-0.2, -0.15) is 18.3 Å². The van der Waals surface area contributed by atoms with E-state index >= 15 is 0 Å². The number of rotatable bonds is 5. The summed E-state index contributed by atoms with van der Waals surface area (Å²) >= 11 is 0. The summed E-state index contributed by atoms with van der Waals surface area (Å²) in [5, 5.41) is 27.8. The number of carbonyl (C=O) groups is 1. The minimum atomic E-state index is -5.08. The predicted octanol–water partition coefficient (Wildman–Crippen LogP) is 3.34. The van der Waals surface area contributed by atoms with Crippen LogP contribution in [0, 0.1) is 5.41 Å². The number of ether oxygens (including phenoxy) is 1. The quantitative estimate of drug-likeness (QED) is 0.482. The van der Waals surface area contributed by atoms with Crippen LogP contribution < -0.4 is 10.1 Å². The molecule has 0 bridgehead atoms. The maximum atomic E-state index is 10.6. The number of aliphatic carboxylic acids is 1. The second-order valence-electron chi connectivity index (χ2n) is 7.23. The Bertz CT molecular complexity index is 1040. The third-order valence-electron chi connectivity index (χ3n) is 5.07. The second kappa shape index (κ2) is 8.80. The number of aromatic nitrogens is 3. The molecule has 1 fully saturated rings. The number of phenols is 1. The Hall–Kier alpha value is -3.34. The van der Waals surface area contributed by atoms with Crippen molar-refractivity contribution in [1.82, 2.24) is 20.5 Å². The Kier molecular flexibility index (Phi) is 6.34. The summed E-state index contributed by atoms with van der Waals surface area (Å²) in [6.07, 6.45) is -2.25. The molecule has 0 amide bonds. The highest BCUT2D eigenvalue weighted by Crippen LogP contribution is 2.33. The molecule has 0 spiro atoms. The van der Waals surface area contributed by atoms with E-state index in [1.165, 1.54) is 0 Å². The number of phenolic OH excluding ortho intramolecular Hbond substituents is 1. The highest BCUT2D eigenvalue weighted by Gasteiger charge is 2.38. The number of pyridine rings is 1. The summed E-state index contributed by atoms with van der Waals surface area (Å²) < 4.78 is 37.9. The van der Waals surface area contributed by atoms with Gasteiger partial charge < -0.3 is 20.3 Å². The van der Waals surface area contributed by atoms with Gasteiger partial charge in [0.25, 0.3) is 0 Å². The number of halogens is 3. The van der Waals surface area contributed by atoms with Crippen LogP contribution in [-0.2, 0) is 4.79 Å². The number of aromatic hydroxyl groups is 1. The van der Waals surface area contributed by atoms with E-state index in [2.05, 4.69) is 27.4 Å². The Morgan fingerprint density at radius 2 is 1.90 bits per heavy atom. The number of hydrogen-bond acceptors (Lipinski definition) is 6. The minimum Gasteiger partial charge on any atom is -0.508 e. The normalized spacial score (nSPS) is 15.0. The van der Waals surface area contributed by atoms with Crippen molar-refractivity contribution in [2.24, 2.45) is 5.41 Å². The topological polar surface area (TPSA) is 120 Å². The highest BCUT2D eigenvalue weighted by molar-refractivity contribution is 5.84. The number of nitrogens with one attached hydrogen (secondary N) is 2. The second-order valence-corrected chi connectivity index (χ2v) is 7.23. The van der Waals surface area contributed by atoms with Gasteiger partial charge in [0.1, 0.15) is 11.5 Å². The van der Waals surface area contributed by atoms with Crippen molar-refractivity contribution >= 4 is 17.0 Å². The van der Waals surface area contributed by atoms with E-state index in [1.807, 2.05) is 18.2 Å². The van der Waals surface area contributed by atoms with Crippen molar-refractivity contribution in [3.8, 4) is 22.8 Å². The minimum absolute atomic E-state index is 0.220. The molecule has 1 aliphatic heterocycles. The molecule has 0 radical (unpaired) electrons. The van der Waals surface area contributed by atoms with Gasteiger partial charge in [-0.25, -0.2) is 9.78 Å². The first kappa shape index (κ1) is 22.3. The lowest BCUT2D eigenvalue weighted by Gasteiger charge is -2.41. The number of nitrogens with zero attached hydrogens (tertiary/aromatic N) is 2.